The Bertz CT molecular complexity index is 1500. The second-order valence-corrected chi connectivity index (χ2v) is 8.19. The van der Waals surface area contributed by atoms with E-state index in [-0.39, 0.29) is 29.2 Å². The van der Waals surface area contributed by atoms with Gasteiger partial charge < -0.3 is 10.4 Å². The molecule has 0 saturated carbocycles. The van der Waals surface area contributed by atoms with Gasteiger partial charge in [-0.25, -0.2) is 0 Å². The standard InChI is InChI=1S/C30H23N3O5/c34-28(23-14-8-3-9-15-23)26(29(35)30(36)32-24-16-18-25(19-17-24)33(37)38)27(22-12-6-2-7-13-22)31-20-21-10-4-1-5-11-21/h1-19,34H,20H2,(H,32,36). The van der Waals surface area contributed by atoms with Gasteiger partial charge in [0.2, 0.25) is 0 Å². The average molecular weight is 506 g/mol. The predicted octanol–water partition coefficient (Wildman–Crippen LogP) is 5.76. The number of benzene rings is 4. The molecule has 0 heterocycles. The van der Waals surface area contributed by atoms with Crippen LogP contribution in [-0.2, 0) is 16.1 Å². The number of carbonyl (C=O) groups excluding carboxylic acids is 2. The van der Waals surface area contributed by atoms with Crippen LogP contribution in [0.15, 0.2) is 126 Å². The van der Waals surface area contributed by atoms with E-state index in [2.05, 4.69) is 10.3 Å². The van der Waals surface area contributed by atoms with Crippen molar-refractivity contribution < 1.29 is 19.6 Å². The molecule has 0 aliphatic rings. The summed E-state index contributed by atoms with van der Waals surface area (Å²) in [6, 6.07) is 31.7. The number of anilines is 1. The van der Waals surface area contributed by atoms with E-state index in [0.717, 1.165) is 5.56 Å². The second-order valence-electron chi connectivity index (χ2n) is 8.19. The highest BCUT2D eigenvalue weighted by atomic mass is 16.6. The monoisotopic (exact) mass is 505 g/mol. The van der Waals surface area contributed by atoms with Gasteiger partial charge >= 0.3 is 0 Å². The van der Waals surface area contributed by atoms with Gasteiger partial charge in [0, 0.05) is 28.9 Å². The second kappa shape index (κ2) is 12.0. The molecule has 2 N–H and O–H groups in total. The third-order valence-corrected chi connectivity index (χ3v) is 5.60. The smallest absolute Gasteiger partial charge is 0.296 e. The lowest BCUT2D eigenvalue weighted by Crippen LogP contribution is -2.29. The van der Waals surface area contributed by atoms with E-state index in [4.69, 9.17) is 0 Å². The lowest BCUT2D eigenvalue weighted by Gasteiger charge is -2.14. The summed E-state index contributed by atoms with van der Waals surface area (Å²) in [4.78, 5) is 41.8. The van der Waals surface area contributed by atoms with Gasteiger partial charge in [-0.05, 0) is 17.7 Å². The quantitative estimate of drug-likeness (QED) is 0.0748. The Morgan fingerprint density at radius 3 is 1.84 bits per heavy atom. The highest BCUT2D eigenvalue weighted by molar-refractivity contribution is 6.55. The van der Waals surface area contributed by atoms with Gasteiger partial charge in [0.15, 0.2) is 0 Å². The number of nitrogens with zero attached hydrogens (tertiary/aromatic N) is 2. The summed E-state index contributed by atoms with van der Waals surface area (Å²) < 4.78 is 0. The molecule has 0 atom stereocenters. The molecule has 8 nitrogen and oxygen atoms in total. The molecule has 8 heteroatoms. The summed E-state index contributed by atoms with van der Waals surface area (Å²) in [5.74, 6) is -2.44. The molecule has 0 aliphatic carbocycles. The summed E-state index contributed by atoms with van der Waals surface area (Å²) in [6.07, 6.45) is 0. The molecule has 0 fully saturated rings. The lowest BCUT2D eigenvalue weighted by molar-refractivity contribution is -0.384. The molecule has 0 spiro atoms. The lowest BCUT2D eigenvalue weighted by atomic mass is 9.94. The Labute approximate surface area is 218 Å². The molecule has 4 aromatic rings. The number of ketones is 1. The van der Waals surface area contributed by atoms with Crippen molar-refractivity contribution in [2.75, 3.05) is 5.32 Å². The molecule has 0 unspecified atom stereocenters. The Morgan fingerprint density at radius 1 is 0.763 bits per heavy atom. The van der Waals surface area contributed by atoms with Gasteiger partial charge in [-0.15, -0.1) is 0 Å². The van der Waals surface area contributed by atoms with E-state index in [1.54, 1.807) is 54.6 Å². The van der Waals surface area contributed by atoms with Crippen LogP contribution < -0.4 is 5.32 Å². The van der Waals surface area contributed by atoms with Crippen molar-refractivity contribution >= 4 is 34.5 Å². The number of aliphatic hydroxyl groups excluding tert-OH is 1. The Hall–Kier alpha value is -5.37. The Balaban J connectivity index is 1.79. The van der Waals surface area contributed by atoms with E-state index in [9.17, 15) is 24.8 Å². The molecule has 0 aromatic heterocycles. The van der Waals surface area contributed by atoms with Gasteiger partial charge in [-0.3, -0.25) is 24.7 Å². The molecule has 188 valence electrons. The van der Waals surface area contributed by atoms with Crippen LogP contribution in [0.2, 0.25) is 0 Å². The summed E-state index contributed by atoms with van der Waals surface area (Å²) in [5.41, 5.74) is 1.67. The van der Waals surface area contributed by atoms with E-state index >= 15 is 0 Å². The number of nitrogens with one attached hydrogen (secondary N) is 1. The van der Waals surface area contributed by atoms with Crippen molar-refractivity contribution in [2.45, 2.75) is 6.54 Å². The van der Waals surface area contributed by atoms with E-state index < -0.39 is 22.4 Å². The SMILES string of the molecule is O=C(Nc1ccc([N+](=O)[O-])cc1)C(=O)C(C(=NCc1ccccc1)c1ccccc1)=C(O)c1ccccc1. The van der Waals surface area contributed by atoms with Crippen LogP contribution in [-0.4, -0.2) is 27.4 Å². The maximum absolute atomic E-state index is 13.6. The van der Waals surface area contributed by atoms with Crippen LogP contribution in [0.3, 0.4) is 0 Å². The fraction of sp³-hybridized carbons (Fsp3) is 0.0333. The molecular formula is C30H23N3O5. The third-order valence-electron chi connectivity index (χ3n) is 5.60. The fourth-order valence-electron chi connectivity index (χ4n) is 3.70. The number of carbonyl (C=O) groups is 2. The summed E-state index contributed by atoms with van der Waals surface area (Å²) in [6.45, 7) is 0.202. The number of nitro benzene ring substituents is 1. The number of non-ortho nitro benzene ring substituents is 1. The topological polar surface area (TPSA) is 122 Å². The third kappa shape index (κ3) is 6.24. The zero-order chi connectivity index (χ0) is 26.9. The van der Waals surface area contributed by atoms with Crippen LogP contribution >= 0.6 is 0 Å². The number of nitro groups is 1. The molecule has 4 rings (SSSR count). The van der Waals surface area contributed by atoms with Crippen molar-refractivity contribution in [3.63, 3.8) is 0 Å². The fourth-order valence-corrected chi connectivity index (χ4v) is 3.70. The van der Waals surface area contributed by atoms with Crippen LogP contribution in [0.1, 0.15) is 16.7 Å². The van der Waals surface area contributed by atoms with Crippen molar-refractivity contribution in [1.29, 1.82) is 0 Å². The van der Waals surface area contributed by atoms with Gasteiger partial charge in [0.25, 0.3) is 17.4 Å². The number of rotatable bonds is 9. The molecule has 38 heavy (non-hydrogen) atoms. The summed E-state index contributed by atoms with van der Waals surface area (Å²) in [5, 5.41) is 24.7. The highest BCUT2D eigenvalue weighted by Gasteiger charge is 2.29. The number of amides is 1. The minimum atomic E-state index is -1.03. The number of aliphatic imine (C=N–C) groups is 1. The first-order chi connectivity index (χ1) is 18.4. The van der Waals surface area contributed by atoms with Crippen LogP contribution in [0, 0.1) is 10.1 Å². The maximum atomic E-state index is 13.6. The Kier molecular flexibility index (Phi) is 8.15. The van der Waals surface area contributed by atoms with E-state index in [1.807, 2.05) is 36.4 Å². The molecule has 0 aliphatic heterocycles. The first kappa shape index (κ1) is 25.7. The van der Waals surface area contributed by atoms with E-state index in [0.29, 0.717) is 11.1 Å². The van der Waals surface area contributed by atoms with Crippen LogP contribution in [0.4, 0.5) is 11.4 Å². The number of hydrogen-bond donors (Lipinski definition) is 2. The average Bonchev–Trinajstić information content (AvgIpc) is 2.96. The maximum Gasteiger partial charge on any atom is 0.296 e. The largest absolute Gasteiger partial charge is 0.506 e. The van der Waals surface area contributed by atoms with Crippen LogP contribution in [0.5, 0.6) is 0 Å². The van der Waals surface area contributed by atoms with Crippen molar-refractivity contribution in [3.8, 4) is 0 Å². The first-order valence-electron chi connectivity index (χ1n) is 11.7. The van der Waals surface area contributed by atoms with Gasteiger partial charge in [-0.1, -0.05) is 91.0 Å². The predicted molar refractivity (Wildman–Crippen MR) is 146 cm³/mol. The normalized spacial score (nSPS) is 11.8. The van der Waals surface area contributed by atoms with Gasteiger partial charge in [-0.2, -0.15) is 0 Å². The van der Waals surface area contributed by atoms with Gasteiger partial charge in [0.1, 0.15) is 5.76 Å². The first-order valence-corrected chi connectivity index (χ1v) is 11.7. The van der Waals surface area contributed by atoms with Crippen molar-refractivity contribution in [2.24, 2.45) is 4.99 Å². The Morgan fingerprint density at radius 2 is 1.29 bits per heavy atom. The van der Waals surface area contributed by atoms with Crippen LogP contribution in [0.25, 0.3) is 5.76 Å². The molecule has 0 saturated heterocycles. The van der Waals surface area contributed by atoms with Gasteiger partial charge in [0.05, 0.1) is 22.8 Å². The summed E-state index contributed by atoms with van der Waals surface area (Å²) >= 11 is 0. The number of aliphatic hydroxyl groups is 1. The molecule has 4 aromatic carbocycles. The molecule has 1 amide bonds. The highest BCUT2D eigenvalue weighted by Crippen LogP contribution is 2.23. The minimum absolute atomic E-state index is 0.152. The molecule has 0 bridgehead atoms. The number of Topliss-reactive ketones (excluding diaryl/α,β-unsaturated/α-hetero) is 1. The van der Waals surface area contributed by atoms with E-state index in [1.165, 1.54) is 24.3 Å². The zero-order valence-electron chi connectivity index (χ0n) is 20.2. The van der Waals surface area contributed by atoms with Crippen molar-refractivity contribution in [1.82, 2.24) is 0 Å². The summed E-state index contributed by atoms with van der Waals surface area (Å²) in [7, 11) is 0. The molecular weight excluding hydrogens is 482 g/mol. The number of hydrogen-bond acceptors (Lipinski definition) is 6. The molecule has 0 radical (unpaired) electrons. The zero-order valence-corrected chi connectivity index (χ0v) is 20.2. The minimum Gasteiger partial charge on any atom is -0.506 e. The van der Waals surface area contributed by atoms with Crippen molar-refractivity contribution in [3.05, 3.63) is 148 Å².